The first-order chi connectivity index (χ1) is 10.0. The quantitative estimate of drug-likeness (QED) is 0.778. The number of rotatable bonds is 2. The highest BCUT2D eigenvalue weighted by Gasteiger charge is 2.43. The molecule has 21 heavy (non-hydrogen) atoms. The van der Waals surface area contributed by atoms with Crippen LogP contribution in [0.1, 0.15) is 31.4 Å². The van der Waals surface area contributed by atoms with Gasteiger partial charge >= 0.3 is 6.03 Å². The molecule has 1 aliphatic carbocycles. The highest BCUT2D eigenvalue weighted by atomic mass is 16.3. The molecule has 114 valence electrons. The van der Waals surface area contributed by atoms with Gasteiger partial charge < -0.3 is 21.1 Å². The molecule has 5 nitrogen and oxygen atoms in total. The third-order valence-corrected chi connectivity index (χ3v) is 4.77. The van der Waals surface area contributed by atoms with Gasteiger partial charge in [0.05, 0.1) is 6.10 Å². The first kappa shape index (κ1) is 14.4. The van der Waals surface area contributed by atoms with Crippen molar-refractivity contribution in [3.05, 3.63) is 29.8 Å². The van der Waals surface area contributed by atoms with Crippen molar-refractivity contribution in [2.45, 2.75) is 31.9 Å². The molecule has 2 aliphatic rings. The third kappa shape index (κ3) is 2.89. The standard InChI is InChI=1S/C16H23N3O2/c1-10(17)11-3-2-4-13(7-11)18-16(21)19-8-12-5-6-15(20)14(12)9-19/h2-4,7,10,12,14-15,20H,5-6,8-9,17H2,1H3,(H,18,21). The molecule has 1 saturated carbocycles. The van der Waals surface area contributed by atoms with Crippen LogP contribution in [0.5, 0.6) is 0 Å². The Morgan fingerprint density at radius 1 is 1.43 bits per heavy atom. The first-order valence-electron chi connectivity index (χ1n) is 7.64. The zero-order valence-corrected chi connectivity index (χ0v) is 12.3. The first-order valence-corrected chi connectivity index (χ1v) is 7.64. The largest absolute Gasteiger partial charge is 0.393 e. The topological polar surface area (TPSA) is 78.6 Å². The maximum Gasteiger partial charge on any atom is 0.321 e. The highest BCUT2D eigenvalue weighted by molar-refractivity contribution is 5.89. The Bertz CT molecular complexity index is 532. The minimum atomic E-state index is -0.241. The predicted octanol–water partition coefficient (Wildman–Crippen LogP) is 1.94. The van der Waals surface area contributed by atoms with Crippen LogP contribution < -0.4 is 11.1 Å². The zero-order valence-electron chi connectivity index (χ0n) is 12.3. The van der Waals surface area contributed by atoms with E-state index in [1.165, 1.54) is 0 Å². The van der Waals surface area contributed by atoms with Crippen molar-refractivity contribution in [2.24, 2.45) is 17.6 Å². The fourth-order valence-electron chi connectivity index (χ4n) is 3.50. The lowest BCUT2D eigenvalue weighted by molar-refractivity contribution is 0.127. The van der Waals surface area contributed by atoms with E-state index in [2.05, 4.69) is 5.32 Å². The monoisotopic (exact) mass is 289 g/mol. The van der Waals surface area contributed by atoms with Crippen molar-refractivity contribution in [1.82, 2.24) is 4.90 Å². The molecule has 1 aliphatic heterocycles. The van der Waals surface area contributed by atoms with Gasteiger partial charge in [0.1, 0.15) is 0 Å². The number of nitrogens with two attached hydrogens (primary N) is 1. The van der Waals surface area contributed by atoms with E-state index in [4.69, 9.17) is 5.73 Å². The average molecular weight is 289 g/mol. The van der Waals surface area contributed by atoms with Gasteiger partial charge in [0, 0.05) is 30.7 Å². The number of nitrogens with zero attached hydrogens (tertiary/aromatic N) is 1. The van der Waals surface area contributed by atoms with E-state index in [1.807, 2.05) is 36.1 Å². The summed E-state index contributed by atoms with van der Waals surface area (Å²) in [6, 6.07) is 7.50. The number of likely N-dealkylation sites (tertiary alicyclic amines) is 1. The van der Waals surface area contributed by atoms with Gasteiger partial charge in [0.15, 0.2) is 0 Å². The van der Waals surface area contributed by atoms with Gasteiger partial charge in [0.25, 0.3) is 0 Å². The van der Waals surface area contributed by atoms with Crippen molar-refractivity contribution >= 4 is 11.7 Å². The van der Waals surface area contributed by atoms with Crippen LogP contribution in [-0.4, -0.2) is 35.2 Å². The lowest BCUT2D eigenvalue weighted by Gasteiger charge is -2.19. The summed E-state index contributed by atoms with van der Waals surface area (Å²) < 4.78 is 0. The Hall–Kier alpha value is -1.59. The molecule has 2 amide bonds. The molecule has 4 unspecified atom stereocenters. The SMILES string of the molecule is CC(N)c1cccc(NC(=O)N2CC3CCC(O)C3C2)c1. The molecule has 5 heteroatoms. The molecule has 4 atom stereocenters. The van der Waals surface area contributed by atoms with Crippen LogP contribution in [-0.2, 0) is 0 Å². The van der Waals surface area contributed by atoms with Crippen molar-refractivity contribution in [3.8, 4) is 0 Å². The Labute approximate surface area is 125 Å². The number of carbonyl (C=O) groups excluding carboxylic acids is 1. The van der Waals surface area contributed by atoms with Crippen LogP contribution in [0.25, 0.3) is 0 Å². The molecule has 1 aromatic carbocycles. The Morgan fingerprint density at radius 2 is 2.24 bits per heavy atom. The van der Waals surface area contributed by atoms with Gasteiger partial charge in [-0.15, -0.1) is 0 Å². The van der Waals surface area contributed by atoms with Gasteiger partial charge in [0.2, 0.25) is 0 Å². The van der Waals surface area contributed by atoms with Crippen LogP contribution in [0.3, 0.4) is 0 Å². The minimum Gasteiger partial charge on any atom is -0.393 e. The molecule has 0 spiro atoms. The van der Waals surface area contributed by atoms with E-state index < -0.39 is 0 Å². The number of anilines is 1. The fourth-order valence-corrected chi connectivity index (χ4v) is 3.50. The zero-order chi connectivity index (χ0) is 15.0. The van der Waals surface area contributed by atoms with E-state index in [1.54, 1.807) is 0 Å². The number of urea groups is 1. The molecular weight excluding hydrogens is 266 g/mol. The summed E-state index contributed by atoms with van der Waals surface area (Å²) in [4.78, 5) is 14.2. The number of amides is 2. The maximum absolute atomic E-state index is 12.3. The van der Waals surface area contributed by atoms with Gasteiger partial charge in [-0.25, -0.2) is 4.79 Å². The van der Waals surface area contributed by atoms with Gasteiger partial charge in [-0.3, -0.25) is 0 Å². The Morgan fingerprint density at radius 3 is 2.95 bits per heavy atom. The lowest BCUT2D eigenvalue weighted by Crippen LogP contribution is -2.34. The lowest BCUT2D eigenvalue weighted by atomic mass is 10.00. The number of fused-ring (bicyclic) bond motifs is 1. The summed E-state index contributed by atoms with van der Waals surface area (Å²) in [7, 11) is 0. The van der Waals surface area contributed by atoms with Crippen molar-refractivity contribution in [3.63, 3.8) is 0 Å². The number of benzene rings is 1. The Kier molecular flexibility index (Phi) is 3.87. The highest BCUT2D eigenvalue weighted by Crippen LogP contribution is 2.38. The maximum atomic E-state index is 12.3. The van der Waals surface area contributed by atoms with E-state index >= 15 is 0 Å². The molecular formula is C16H23N3O2. The second-order valence-corrected chi connectivity index (χ2v) is 6.32. The van der Waals surface area contributed by atoms with Crippen LogP contribution >= 0.6 is 0 Å². The number of aliphatic hydroxyl groups is 1. The molecule has 2 fully saturated rings. The number of hydrogen-bond donors (Lipinski definition) is 3. The molecule has 0 radical (unpaired) electrons. The van der Waals surface area contributed by atoms with Crippen LogP contribution in [0.2, 0.25) is 0 Å². The molecule has 1 heterocycles. The van der Waals surface area contributed by atoms with E-state index in [0.29, 0.717) is 12.5 Å². The second-order valence-electron chi connectivity index (χ2n) is 6.32. The molecule has 0 aromatic heterocycles. The summed E-state index contributed by atoms with van der Waals surface area (Å²) in [5.74, 6) is 0.715. The molecule has 4 N–H and O–H groups in total. The molecule has 1 aromatic rings. The number of nitrogens with one attached hydrogen (secondary N) is 1. The predicted molar refractivity (Wildman–Crippen MR) is 81.9 cm³/mol. The van der Waals surface area contributed by atoms with Crippen molar-refractivity contribution in [2.75, 3.05) is 18.4 Å². The molecule has 1 saturated heterocycles. The minimum absolute atomic E-state index is 0.0526. The Balaban J connectivity index is 1.63. The van der Waals surface area contributed by atoms with Gasteiger partial charge in [-0.1, -0.05) is 12.1 Å². The van der Waals surface area contributed by atoms with Crippen molar-refractivity contribution < 1.29 is 9.90 Å². The third-order valence-electron chi connectivity index (χ3n) is 4.77. The van der Waals surface area contributed by atoms with Crippen molar-refractivity contribution in [1.29, 1.82) is 0 Å². The summed E-state index contributed by atoms with van der Waals surface area (Å²) in [6.45, 7) is 3.33. The van der Waals surface area contributed by atoms with Gasteiger partial charge in [-0.05, 0) is 43.4 Å². The summed E-state index contributed by atoms with van der Waals surface area (Å²) in [5.41, 5.74) is 7.63. The van der Waals surface area contributed by atoms with E-state index in [9.17, 15) is 9.90 Å². The van der Waals surface area contributed by atoms with Crippen LogP contribution in [0.15, 0.2) is 24.3 Å². The number of hydrogen-bond acceptors (Lipinski definition) is 3. The average Bonchev–Trinajstić information content (AvgIpc) is 3.02. The second kappa shape index (κ2) is 5.66. The van der Waals surface area contributed by atoms with Crippen LogP contribution in [0, 0.1) is 11.8 Å². The molecule has 3 rings (SSSR count). The van der Waals surface area contributed by atoms with E-state index in [-0.39, 0.29) is 24.1 Å². The smallest absolute Gasteiger partial charge is 0.321 e. The van der Waals surface area contributed by atoms with Crippen LogP contribution in [0.4, 0.5) is 10.5 Å². The summed E-state index contributed by atoms with van der Waals surface area (Å²) >= 11 is 0. The number of carbonyl (C=O) groups is 1. The summed E-state index contributed by atoms with van der Waals surface area (Å²) in [6.07, 6.45) is 1.66. The van der Waals surface area contributed by atoms with E-state index in [0.717, 1.165) is 30.6 Å². The number of aliphatic hydroxyl groups excluding tert-OH is 1. The van der Waals surface area contributed by atoms with Gasteiger partial charge in [-0.2, -0.15) is 0 Å². The summed E-state index contributed by atoms with van der Waals surface area (Å²) in [5, 5.41) is 12.8. The fraction of sp³-hybridized carbons (Fsp3) is 0.562. The molecule has 0 bridgehead atoms. The normalized spacial score (nSPS) is 29.3.